The van der Waals surface area contributed by atoms with E-state index in [4.69, 9.17) is 5.84 Å². The summed E-state index contributed by atoms with van der Waals surface area (Å²) in [7, 11) is 3.59. The lowest BCUT2D eigenvalue weighted by Gasteiger charge is -2.08. The van der Waals surface area contributed by atoms with Crippen molar-refractivity contribution in [3.8, 4) is 0 Å². The molecule has 0 spiro atoms. The first-order valence-electron chi connectivity index (χ1n) is 5.64. The third-order valence-electron chi connectivity index (χ3n) is 2.98. The fourth-order valence-electron chi connectivity index (χ4n) is 2.04. The van der Waals surface area contributed by atoms with Gasteiger partial charge in [0, 0.05) is 37.6 Å². The van der Waals surface area contributed by atoms with Gasteiger partial charge in [0.15, 0.2) is 0 Å². The van der Waals surface area contributed by atoms with Crippen molar-refractivity contribution >= 4 is 16.8 Å². The summed E-state index contributed by atoms with van der Waals surface area (Å²) in [5.74, 6) is 5.35. The van der Waals surface area contributed by atoms with Gasteiger partial charge in [-0.05, 0) is 18.1 Å². The summed E-state index contributed by atoms with van der Waals surface area (Å²) in [6.45, 7) is 0. The second-order valence-corrected chi connectivity index (χ2v) is 4.29. The van der Waals surface area contributed by atoms with E-state index >= 15 is 0 Å². The number of aryl methyl sites for hydroxylation is 2. The van der Waals surface area contributed by atoms with Crippen molar-refractivity contribution in [2.75, 3.05) is 7.05 Å². The molecule has 90 valence electrons. The monoisotopic (exact) mass is 231 g/mol. The van der Waals surface area contributed by atoms with E-state index in [1.807, 2.05) is 19.2 Å². The van der Waals surface area contributed by atoms with Crippen molar-refractivity contribution in [3.05, 3.63) is 36.0 Å². The Bertz CT molecular complexity index is 543. The van der Waals surface area contributed by atoms with Crippen molar-refractivity contribution in [2.24, 2.45) is 12.9 Å². The highest BCUT2D eigenvalue weighted by atomic mass is 16.2. The molecule has 1 aromatic heterocycles. The van der Waals surface area contributed by atoms with Crippen LogP contribution >= 0.6 is 0 Å². The molecule has 0 fully saturated rings. The lowest BCUT2D eigenvalue weighted by molar-refractivity contribution is -0.130. The zero-order chi connectivity index (χ0) is 12.4. The van der Waals surface area contributed by atoms with Crippen LogP contribution in [0.4, 0.5) is 0 Å². The van der Waals surface area contributed by atoms with Crippen LogP contribution in [0.15, 0.2) is 30.5 Å². The molecule has 4 nitrogen and oxygen atoms in total. The zero-order valence-electron chi connectivity index (χ0n) is 10.2. The summed E-state index contributed by atoms with van der Waals surface area (Å²) in [4.78, 5) is 11.5. The van der Waals surface area contributed by atoms with Gasteiger partial charge in [0.25, 0.3) is 0 Å². The number of nitrogens with zero attached hydrogens (tertiary/aromatic N) is 2. The van der Waals surface area contributed by atoms with Gasteiger partial charge < -0.3 is 4.57 Å². The molecule has 1 heterocycles. The van der Waals surface area contributed by atoms with E-state index in [0.717, 1.165) is 11.4 Å². The predicted molar refractivity (Wildman–Crippen MR) is 68.2 cm³/mol. The Balaban J connectivity index is 2.22. The molecule has 0 aliphatic carbocycles. The number of aromatic nitrogens is 1. The minimum atomic E-state index is -0.0436. The van der Waals surface area contributed by atoms with Crippen LogP contribution in [-0.4, -0.2) is 22.5 Å². The highest BCUT2D eigenvalue weighted by molar-refractivity contribution is 5.84. The van der Waals surface area contributed by atoms with E-state index in [9.17, 15) is 4.79 Å². The number of carbonyl (C=O) groups is 1. The second-order valence-electron chi connectivity index (χ2n) is 4.29. The Kier molecular flexibility index (Phi) is 3.15. The van der Waals surface area contributed by atoms with Gasteiger partial charge in [-0.2, -0.15) is 0 Å². The van der Waals surface area contributed by atoms with Crippen molar-refractivity contribution in [1.82, 2.24) is 9.58 Å². The maximum atomic E-state index is 11.5. The zero-order valence-corrected chi connectivity index (χ0v) is 10.2. The van der Waals surface area contributed by atoms with Crippen LogP contribution in [0.3, 0.4) is 0 Å². The largest absolute Gasteiger partial charge is 0.350 e. The van der Waals surface area contributed by atoms with Crippen LogP contribution in [0, 0.1) is 0 Å². The minimum Gasteiger partial charge on any atom is -0.350 e. The van der Waals surface area contributed by atoms with Crippen LogP contribution < -0.4 is 5.84 Å². The molecule has 1 aromatic carbocycles. The second kappa shape index (κ2) is 4.59. The Morgan fingerprint density at radius 1 is 1.41 bits per heavy atom. The number of amides is 1. The van der Waals surface area contributed by atoms with Gasteiger partial charge in [-0.3, -0.25) is 9.80 Å². The van der Waals surface area contributed by atoms with Crippen molar-refractivity contribution in [1.29, 1.82) is 0 Å². The number of fused-ring (bicyclic) bond motifs is 1. The Labute approximate surface area is 101 Å². The topological polar surface area (TPSA) is 51.3 Å². The highest BCUT2D eigenvalue weighted by Crippen LogP contribution is 2.21. The van der Waals surface area contributed by atoms with E-state index in [1.165, 1.54) is 16.5 Å². The molecule has 1 amide bonds. The number of rotatable bonds is 3. The first-order valence-corrected chi connectivity index (χ1v) is 5.64. The summed E-state index contributed by atoms with van der Waals surface area (Å²) in [6, 6.07) is 8.20. The molecule has 4 heteroatoms. The molecule has 0 atom stereocenters. The van der Waals surface area contributed by atoms with Gasteiger partial charge in [-0.1, -0.05) is 18.2 Å². The normalized spacial score (nSPS) is 10.8. The maximum Gasteiger partial charge on any atom is 0.236 e. The van der Waals surface area contributed by atoms with E-state index < -0.39 is 0 Å². The minimum absolute atomic E-state index is 0.0436. The number of carbonyl (C=O) groups excluding carboxylic acids is 1. The third kappa shape index (κ3) is 2.31. The summed E-state index contributed by atoms with van der Waals surface area (Å²) in [6.07, 6.45) is 3.25. The molecule has 0 bridgehead atoms. The first-order chi connectivity index (χ1) is 8.09. The number of hydrogen-bond donors (Lipinski definition) is 1. The van der Waals surface area contributed by atoms with Gasteiger partial charge in [0.2, 0.25) is 5.91 Å². The quantitative estimate of drug-likeness (QED) is 0.494. The molecule has 0 saturated carbocycles. The third-order valence-corrected chi connectivity index (χ3v) is 2.98. The number of nitrogens with two attached hydrogens (primary N) is 1. The Morgan fingerprint density at radius 2 is 2.12 bits per heavy atom. The van der Waals surface area contributed by atoms with E-state index in [2.05, 4.69) is 22.9 Å². The molecule has 0 aliphatic heterocycles. The van der Waals surface area contributed by atoms with Crippen LogP contribution in [0.5, 0.6) is 0 Å². The van der Waals surface area contributed by atoms with Gasteiger partial charge >= 0.3 is 0 Å². The van der Waals surface area contributed by atoms with Gasteiger partial charge in [-0.15, -0.1) is 0 Å². The summed E-state index contributed by atoms with van der Waals surface area (Å²) < 4.78 is 2.08. The Morgan fingerprint density at radius 3 is 2.82 bits per heavy atom. The van der Waals surface area contributed by atoms with E-state index in [1.54, 1.807) is 7.05 Å². The van der Waals surface area contributed by atoms with Crippen LogP contribution in [0.1, 0.15) is 12.0 Å². The van der Waals surface area contributed by atoms with Crippen molar-refractivity contribution in [3.63, 3.8) is 0 Å². The fraction of sp³-hybridized carbons (Fsp3) is 0.308. The molecule has 2 N–H and O–H groups in total. The number of hydrogen-bond acceptors (Lipinski definition) is 2. The number of benzene rings is 1. The molecule has 0 unspecified atom stereocenters. The molecular weight excluding hydrogens is 214 g/mol. The fourth-order valence-corrected chi connectivity index (χ4v) is 2.04. The number of hydrazine groups is 1. The highest BCUT2D eigenvalue weighted by Gasteiger charge is 2.09. The number of para-hydroxylation sites is 1. The van der Waals surface area contributed by atoms with Crippen molar-refractivity contribution < 1.29 is 4.79 Å². The average Bonchev–Trinajstić information content (AvgIpc) is 2.64. The summed E-state index contributed by atoms with van der Waals surface area (Å²) in [5, 5.41) is 2.35. The molecule has 0 aliphatic rings. The molecule has 17 heavy (non-hydrogen) atoms. The van der Waals surface area contributed by atoms with E-state index in [0.29, 0.717) is 6.42 Å². The average molecular weight is 231 g/mol. The van der Waals surface area contributed by atoms with Crippen molar-refractivity contribution in [2.45, 2.75) is 12.8 Å². The lowest BCUT2D eigenvalue weighted by atomic mass is 10.1. The smallest absolute Gasteiger partial charge is 0.236 e. The summed E-state index contributed by atoms with van der Waals surface area (Å²) in [5.41, 5.74) is 2.38. The molecular formula is C13H17N3O. The molecule has 2 rings (SSSR count). The van der Waals surface area contributed by atoms with Crippen LogP contribution in [0.25, 0.3) is 10.9 Å². The van der Waals surface area contributed by atoms with Gasteiger partial charge in [-0.25, -0.2) is 5.84 Å². The van der Waals surface area contributed by atoms with Crippen LogP contribution in [-0.2, 0) is 18.3 Å². The van der Waals surface area contributed by atoms with Crippen LogP contribution in [0.2, 0.25) is 0 Å². The SMILES string of the molecule is CN(N)C(=O)CCc1cn(C)c2ccccc12. The predicted octanol–water partition coefficient (Wildman–Crippen LogP) is 1.44. The molecule has 0 saturated heterocycles. The standard InChI is InChI=1S/C13H17N3O/c1-15-9-10(7-8-13(17)16(2)14)11-5-3-4-6-12(11)15/h3-6,9H,7-8,14H2,1-2H3. The Hall–Kier alpha value is -1.81. The maximum absolute atomic E-state index is 11.5. The first kappa shape index (κ1) is 11.7. The molecule has 2 aromatic rings. The lowest BCUT2D eigenvalue weighted by Crippen LogP contribution is -2.33. The van der Waals surface area contributed by atoms with Gasteiger partial charge in [0.1, 0.15) is 0 Å². The van der Waals surface area contributed by atoms with Gasteiger partial charge in [0.05, 0.1) is 0 Å². The van der Waals surface area contributed by atoms with E-state index in [-0.39, 0.29) is 5.91 Å². The molecule has 0 radical (unpaired) electrons. The summed E-state index contributed by atoms with van der Waals surface area (Å²) >= 11 is 0.